The molecule has 0 aromatic carbocycles. The fraction of sp³-hybridized carbons (Fsp3) is 0.333. The predicted octanol–water partition coefficient (Wildman–Crippen LogP) is 0.533. The van der Waals surface area contributed by atoms with Crippen LogP contribution in [0.5, 0.6) is 0 Å². The lowest BCUT2D eigenvalue weighted by atomic mass is 10.5. The summed E-state index contributed by atoms with van der Waals surface area (Å²) in [6.45, 7) is -1.62. The maximum absolute atomic E-state index is 11.5. The van der Waals surface area contributed by atoms with Gasteiger partial charge in [-0.2, -0.15) is 13.2 Å². The molecule has 0 unspecified atom stereocenters. The molecule has 4 nitrogen and oxygen atoms in total. The molecule has 0 amide bonds. The normalized spacial score (nSPS) is 17.0. The molecule has 0 N–H and O–H groups in total. The molecule has 0 radical (unpaired) electrons. The van der Waals surface area contributed by atoms with Crippen molar-refractivity contribution in [2.24, 2.45) is 0 Å². The number of carbonyl (C=O) groups excluding carboxylic acids is 2. The highest BCUT2D eigenvalue weighted by Crippen LogP contribution is 2.18. The van der Waals surface area contributed by atoms with E-state index in [4.69, 9.17) is 0 Å². The maximum atomic E-state index is 11.5. The Morgan fingerprint density at radius 3 is 2.38 bits per heavy atom. The van der Waals surface area contributed by atoms with Gasteiger partial charge in [0.2, 0.25) is 5.76 Å². The number of halogens is 3. The van der Waals surface area contributed by atoms with Gasteiger partial charge in [-0.3, -0.25) is 0 Å². The Morgan fingerprint density at radius 2 is 2.00 bits per heavy atom. The van der Waals surface area contributed by atoms with Crippen molar-refractivity contribution in [1.29, 1.82) is 0 Å². The minimum Gasteiger partial charge on any atom is -0.477 e. The summed E-state index contributed by atoms with van der Waals surface area (Å²) in [6, 6.07) is 0. The molecule has 1 aliphatic heterocycles. The van der Waals surface area contributed by atoms with Crippen molar-refractivity contribution in [3.8, 4) is 0 Å². The molecular weight excluding hydrogens is 193 g/mol. The second-order valence-electron chi connectivity index (χ2n) is 2.12. The van der Waals surface area contributed by atoms with Crippen LogP contribution in [0.15, 0.2) is 11.8 Å². The molecule has 0 saturated heterocycles. The lowest BCUT2D eigenvalue weighted by molar-refractivity contribution is -0.169. The molecule has 0 saturated carbocycles. The predicted molar refractivity (Wildman–Crippen MR) is 31.2 cm³/mol. The first-order valence-electron chi connectivity index (χ1n) is 3.06. The largest absolute Gasteiger partial charge is 0.477 e. The molecule has 13 heavy (non-hydrogen) atoms. The first kappa shape index (κ1) is 9.56. The van der Waals surface area contributed by atoms with Gasteiger partial charge in [-0.15, -0.1) is 0 Å². The van der Waals surface area contributed by atoms with Crippen LogP contribution in [0.1, 0.15) is 0 Å². The molecule has 0 fully saturated rings. The maximum Gasteiger partial charge on any atom is 0.422 e. The van der Waals surface area contributed by atoms with Crippen LogP contribution in [-0.4, -0.2) is 24.7 Å². The summed E-state index contributed by atoms with van der Waals surface area (Å²) in [6.07, 6.45) is -3.99. The van der Waals surface area contributed by atoms with E-state index in [2.05, 4.69) is 9.47 Å². The Kier molecular flexibility index (Phi) is 2.26. The Hall–Kier alpha value is -1.53. The quantitative estimate of drug-likeness (QED) is 0.477. The van der Waals surface area contributed by atoms with Crippen LogP contribution in [0.3, 0.4) is 0 Å². The highest BCUT2D eigenvalue weighted by Gasteiger charge is 2.32. The Bertz CT molecular complexity index is 278. The summed E-state index contributed by atoms with van der Waals surface area (Å²) in [7, 11) is 0. The molecule has 0 aliphatic carbocycles. The van der Waals surface area contributed by atoms with Crippen LogP contribution < -0.4 is 0 Å². The lowest BCUT2D eigenvalue weighted by Gasteiger charge is -2.06. The van der Waals surface area contributed by atoms with E-state index in [1.54, 1.807) is 0 Å². The molecule has 0 atom stereocenters. The van der Waals surface area contributed by atoms with E-state index < -0.39 is 30.5 Å². The molecule has 0 bridgehead atoms. The molecule has 0 aromatic heterocycles. The van der Waals surface area contributed by atoms with E-state index in [0.717, 1.165) is 0 Å². The third-order valence-electron chi connectivity index (χ3n) is 1.03. The van der Waals surface area contributed by atoms with Gasteiger partial charge in [-0.05, 0) is 0 Å². The van der Waals surface area contributed by atoms with Crippen LogP contribution in [0.2, 0.25) is 0 Å². The van der Waals surface area contributed by atoms with Crippen molar-refractivity contribution >= 4 is 11.9 Å². The average molecular weight is 196 g/mol. The van der Waals surface area contributed by atoms with E-state index >= 15 is 0 Å². The summed E-state index contributed by atoms with van der Waals surface area (Å²) in [5, 5.41) is 0. The SMILES string of the molecule is O=C1C=C(OCC(F)(F)F)C(=O)O1. The third kappa shape index (κ3) is 2.77. The zero-order valence-electron chi connectivity index (χ0n) is 6.05. The summed E-state index contributed by atoms with van der Waals surface area (Å²) < 4.78 is 42.5. The van der Waals surface area contributed by atoms with E-state index in [-0.39, 0.29) is 0 Å². The summed E-state index contributed by atoms with van der Waals surface area (Å²) in [4.78, 5) is 20.8. The minimum absolute atomic E-state index is 0.564. The fourth-order valence-corrected chi connectivity index (χ4v) is 0.597. The van der Waals surface area contributed by atoms with Crippen LogP contribution >= 0.6 is 0 Å². The third-order valence-corrected chi connectivity index (χ3v) is 1.03. The summed E-state index contributed by atoms with van der Waals surface area (Å²) >= 11 is 0. The van der Waals surface area contributed by atoms with Crippen LogP contribution in [0.4, 0.5) is 13.2 Å². The zero-order valence-corrected chi connectivity index (χ0v) is 6.05. The second kappa shape index (κ2) is 3.08. The molecule has 7 heteroatoms. The molecule has 1 rings (SSSR count). The summed E-state index contributed by atoms with van der Waals surface area (Å²) in [5.74, 6) is -2.95. The lowest BCUT2D eigenvalue weighted by Crippen LogP contribution is -2.18. The van der Waals surface area contributed by atoms with Crippen LogP contribution in [0, 0.1) is 0 Å². The molecule has 0 aromatic rings. The van der Waals surface area contributed by atoms with Gasteiger partial charge in [-0.1, -0.05) is 0 Å². The zero-order chi connectivity index (χ0) is 10.1. The molecular formula is C6H3F3O4. The minimum atomic E-state index is -4.55. The standard InChI is InChI=1S/C6H3F3O4/c7-6(8,9)2-12-3-1-4(10)13-5(3)11/h1H,2H2. The first-order valence-corrected chi connectivity index (χ1v) is 3.06. The molecule has 1 heterocycles. The van der Waals surface area contributed by atoms with Gasteiger partial charge in [-0.25, -0.2) is 9.59 Å². The smallest absolute Gasteiger partial charge is 0.422 e. The number of esters is 2. The highest BCUT2D eigenvalue weighted by molar-refractivity contribution is 6.07. The molecule has 1 aliphatic rings. The Labute approximate surface area is 69.9 Å². The van der Waals surface area contributed by atoms with Crippen molar-refractivity contribution < 1.29 is 32.2 Å². The monoisotopic (exact) mass is 196 g/mol. The number of hydrogen-bond donors (Lipinski definition) is 0. The van der Waals surface area contributed by atoms with Crippen molar-refractivity contribution in [2.45, 2.75) is 6.18 Å². The Morgan fingerprint density at radius 1 is 1.38 bits per heavy atom. The van der Waals surface area contributed by atoms with Crippen molar-refractivity contribution in [2.75, 3.05) is 6.61 Å². The number of carbonyl (C=O) groups is 2. The number of cyclic esters (lactones) is 2. The van der Waals surface area contributed by atoms with Crippen molar-refractivity contribution in [3.63, 3.8) is 0 Å². The van der Waals surface area contributed by atoms with Crippen molar-refractivity contribution in [1.82, 2.24) is 0 Å². The fourth-order valence-electron chi connectivity index (χ4n) is 0.597. The van der Waals surface area contributed by atoms with E-state index in [0.29, 0.717) is 6.08 Å². The highest BCUT2D eigenvalue weighted by atomic mass is 19.4. The van der Waals surface area contributed by atoms with Gasteiger partial charge >= 0.3 is 18.1 Å². The number of ether oxygens (including phenoxy) is 2. The summed E-state index contributed by atoms with van der Waals surface area (Å²) in [5.41, 5.74) is 0. The first-order chi connectivity index (χ1) is 5.88. The van der Waals surface area contributed by atoms with Gasteiger partial charge in [0.05, 0.1) is 6.08 Å². The molecule has 72 valence electrons. The Balaban J connectivity index is 2.51. The van der Waals surface area contributed by atoms with Gasteiger partial charge < -0.3 is 9.47 Å². The number of alkyl halides is 3. The van der Waals surface area contributed by atoms with E-state index in [1.165, 1.54) is 0 Å². The van der Waals surface area contributed by atoms with E-state index in [9.17, 15) is 22.8 Å². The van der Waals surface area contributed by atoms with Gasteiger partial charge in [0, 0.05) is 0 Å². The number of hydrogen-bond acceptors (Lipinski definition) is 4. The van der Waals surface area contributed by atoms with Gasteiger partial charge in [0.15, 0.2) is 6.61 Å². The second-order valence-corrected chi connectivity index (χ2v) is 2.12. The van der Waals surface area contributed by atoms with Crippen molar-refractivity contribution in [3.05, 3.63) is 11.8 Å². The van der Waals surface area contributed by atoms with Gasteiger partial charge in [0.1, 0.15) is 0 Å². The average Bonchev–Trinajstić information content (AvgIpc) is 2.24. The number of rotatable bonds is 2. The topological polar surface area (TPSA) is 52.6 Å². The van der Waals surface area contributed by atoms with Crippen LogP contribution in [-0.2, 0) is 19.1 Å². The van der Waals surface area contributed by atoms with E-state index in [1.807, 2.05) is 0 Å². The van der Waals surface area contributed by atoms with Crippen LogP contribution in [0.25, 0.3) is 0 Å². The van der Waals surface area contributed by atoms with Gasteiger partial charge in [0.25, 0.3) is 0 Å². The molecule has 0 spiro atoms.